The van der Waals surface area contributed by atoms with Gasteiger partial charge >= 0.3 is 0 Å². The molecule has 5 rings (SSSR count). The molecular formula is C32H39N3O4. The average molecular weight is 530 g/mol. The van der Waals surface area contributed by atoms with Crippen LogP contribution in [-0.4, -0.2) is 44.2 Å². The molecular weight excluding hydrogens is 490 g/mol. The highest BCUT2D eigenvalue weighted by molar-refractivity contribution is 6.08. The van der Waals surface area contributed by atoms with Gasteiger partial charge in [0.15, 0.2) is 5.76 Å². The van der Waals surface area contributed by atoms with E-state index >= 15 is 0 Å². The predicted molar refractivity (Wildman–Crippen MR) is 153 cm³/mol. The number of rotatable bonds is 9. The SMILES string of the molecule is CC[C@@H](C)c1ccc(N(C(=O)c2ccco2)[C@H](C(=O)NC2CCCC2)c2ccc(N3CCOCC3)cc2)cc1. The first-order valence-electron chi connectivity index (χ1n) is 14.2. The summed E-state index contributed by atoms with van der Waals surface area (Å²) < 4.78 is 11.0. The van der Waals surface area contributed by atoms with Crippen LogP contribution in [0.2, 0.25) is 0 Å². The maximum absolute atomic E-state index is 14.0. The van der Waals surface area contributed by atoms with Crippen LogP contribution in [0.4, 0.5) is 11.4 Å². The largest absolute Gasteiger partial charge is 0.459 e. The third kappa shape index (κ3) is 6.19. The van der Waals surface area contributed by atoms with Gasteiger partial charge in [0.05, 0.1) is 19.5 Å². The Labute approximate surface area is 231 Å². The molecule has 7 nitrogen and oxygen atoms in total. The molecule has 2 atom stereocenters. The van der Waals surface area contributed by atoms with Gasteiger partial charge in [0, 0.05) is 30.5 Å². The fourth-order valence-electron chi connectivity index (χ4n) is 5.56. The van der Waals surface area contributed by atoms with Crippen molar-refractivity contribution in [2.45, 2.75) is 64.0 Å². The molecule has 0 spiro atoms. The summed E-state index contributed by atoms with van der Waals surface area (Å²) in [6, 6.07) is 18.6. The van der Waals surface area contributed by atoms with Crippen LogP contribution in [-0.2, 0) is 9.53 Å². The number of anilines is 2. The molecule has 0 bridgehead atoms. The Balaban J connectivity index is 1.54. The minimum atomic E-state index is -0.851. The van der Waals surface area contributed by atoms with Crippen molar-refractivity contribution in [3.05, 3.63) is 83.8 Å². The summed E-state index contributed by atoms with van der Waals surface area (Å²) in [4.78, 5) is 31.9. The zero-order valence-corrected chi connectivity index (χ0v) is 23.0. The van der Waals surface area contributed by atoms with Crippen LogP contribution < -0.4 is 15.1 Å². The Morgan fingerprint density at radius 2 is 1.64 bits per heavy atom. The number of furan rings is 1. The van der Waals surface area contributed by atoms with Crippen molar-refractivity contribution >= 4 is 23.2 Å². The average Bonchev–Trinajstić information content (AvgIpc) is 3.71. The minimum Gasteiger partial charge on any atom is -0.459 e. The van der Waals surface area contributed by atoms with Crippen molar-refractivity contribution in [1.29, 1.82) is 0 Å². The molecule has 1 aliphatic heterocycles. The van der Waals surface area contributed by atoms with Crippen LogP contribution in [0.1, 0.15) is 79.6 Å². The molecule has 2 aromatic carbocycles. The van der Waals surface area contributed by atoms with Crippen molar-refractivity contribution in [1.82, 2.24) is 5.32 Å². The molecule has 0 radical (unpaired) electrons. The minimum absolute atomic E-state index is 0.126. The molecule has 1 saturated carbocycles. The van der Waals surface area contributed by atoms with Crippen molar-refractivity contribution in [3.8, 4) is 0 Å². The van der Waals surface area contributed by atoms with Gasteiger partial charge in [-0.2, -0.15) is 0 Å². The van der Waals surface area contributed by atoms with Gasteiger partial charge in [-0.15, -0.1) is 0 Å². The third-order valence-corrected chi connectivity index (χ3v) is 8.10. The molecule has 1 N–H and O–H groups in total. The topological polar surface area (TPSA) is 75.0 Å². The van der Waals surface area contributed by atoms with E-state index in [1.165, 1.54) is 11.8 Å². The summed E-state index contributed by atoms with van der Waals surface area (Å²) in [5.74, 6) is 0.0825. The van der Waals surface area contributed by atoms with E-state index in [0.29, 0.717) is 24.8 Å². The molecule has 2 fully saturated rings. The lowest BCUT2D eigenvalue weighted by Crippen LogP contribution is -2.46. The van der Waals surface area contributed by atoms with E-state index in [4.69, 9.17) is 9.15 Å². The number of hydrogen-bond acceptors (Lipinski definition) is 5. The van der Waals surface area contributed by atoms with E-state index in [1.807, 2.05) is 36.4 Å². The molecule has 1 saturated heterocycles. The van der Waals surface area contributed by atoms with E-state index in [0.717, 1.165) is 56.4 Å². The molecule has 2 amide bonds. The van der Waals surface area contributed by atoms with Crippen molar-refractivity contribution < 1.29 is 18.7 Å². The summed E-state index contributed by atoms with van der Waals surface area (Å²) in [5.41, 5.74) is 3.70. The van der Waals surface area contributed by atoms with E-state index in [-0.39, 0.29) is 23.6 Å². The lowest BCUT2D eigenvalue weighted by Gasteiger charge is -2.33. The second-order valence-corrected chi connectivity index (χ2v) is 10.6. The monoisotopic (exact) mass is 529 g/mol. The number of benzene rings is 2. The van der Waals surface area contributed by atoms with E-state index in [1.54, 1.807) is 17.0 Å². The van der Waals surface area contributed by atoms with Crippen molar-refractivity contribution in [2.75, 3.05) is 36.1 Å². The number of ether oxygens (including phenoxy) is 1. The number of amides is 2. The summed E-state index contributed by atoms with van der Waals surface area (Å²) in [6.07, 6.45) is 6.65. The fraction of sp³-hybridized carbons (Fsp3) is 0.438. The smallest absolute Gasteiger partial charge is 0.294 e. The standard InChI is InChI=1S/C32H39N3O4/c1-3-23(2)24-10-16-28(17-11-24)35(32(37)29-9-6-20-39-29)30(31(36)33-26-7-4-5-8-26)25-12-14-27(15-13-25)34-18-21-38-22-19-34/h6,9-17,20,23,26,30H,3-5,7-8,18-19,21-22H2,1-2H3,(H,33,36)/t23-,30+/m1/s1. The highest BCUT2D eigenvalue weighted by atomic mass is 16.5. The molecule has 1 aromatic heterocycles. The van der Waals surface area contributed by atoms with Crippen LogP contribution in [0.15, 0.2) is 71.3 Å². The molecule has 206 valence electrons. The van der Waals surface area contributed by atoms with Gasteiger partial charge in [0.2, 0.25) is 5.91 Å². The molecule has 3 aromatic rings. The number of nitrogens with zero attached hydrogens (tertiary/aromatic N) is 2. The number of morpholine rings is 1. The second kappa shape index (κ2) is 12.5. The fourth-order valence-corrected chi connectivity index (χ4v) is 5.56. The van der Waals surface area contributed by atoms with Gasteiger partial charge in [-0.1, -0.05) is 51.0 Å². The number of carbonyl (C=O) groups is 2. The lowest BCUT2D eigenvalue weighted by molar-refractivity contribution is -0.123. The van der Waals surface area contributed by atoms with Gasteiger partial charge < -0.3 is 19.4 Å². The maximum Gasteiger partial charge on any atom is 0.294 e. The maximum atomic E-state index is 14.0. The van der Waals surface area contributed by atoms with Gasteiger partial charge in [-0.3, -0.25) is 14.5 Å². The molecule has 7 heteroatoms. The van der Waals surface area contributed by atoms with Crippen LogP contribution in [0.25, 0.3) is 0 Å². The van der Waals surface area contributed by atoms with Gasteiger partial charge in [0.1, 0.15) is 6.04 Å². The Morgan fingerprint density at radius 1 is 0.974 bits per heavy atom. The molecule has 1 aliphatic carbocycles. The van der Waals surface area contributed by atoms with Crippen LogP contribution in [0, 0.1) is 0 Å². The van der Waals surface area contributed by atoms with Gasteiger partial charge in [0.25, 0.3) is 5.91 Å². The number of carbonyl (C=O) groups excluding carboxylic acids is 2. The van der Waals surface area contributed by atoms with Crippen LogP contribution >= 0.6 is 0 Å². The number of hydrogen-bond donors (Lipinski definition) is 1. The molecule has 2 aliphatic rings. The van der Waals surface area contributed by atoms with Gasteiger partial charge in [-0.05, 0) is 72.7 Å². The quantitative estimate of drug-likeness (QED) is 0.364. The molecule has 0 unspecified atom stereocenters. The van der Waals surface area contributed by atoms with Crippen molar-refractivity contribution in [2.24, 2.45) is 0 Å². The highest BCUT2D eigenvalue weighted by Crippen LogP contribution is 2.33. The second-order valence-electron chi connectivity index (χ2n) is 10.6. The third-order valence-electron chi connectivity index (χ3n) is 8.10. The molecule has 2 heterocycles. The predicted octanol–water partition coefficient (Wildman–Crippen LogP) is 6.08. The zero-order valence-electron chi connectivity index (χ0n) is 23.0. The van der Waals surface area contributed by atoms with Gasteiger partial charge in [-0.25, -0.2) is 0 Å². The first-order chi connectivity index (χ1) is 19.0. The Morgan fingerprint density at radius 3 is 2.26 bits per heavy atom. The lowest BCUT2D eigenvalue weighted by atomic mass is 9.97. The first-order valence-corrected chi connectivity index (χ1v) is 14.2. The number of nitrogens with one attached hydrogen (secondary N) is 1. The zero-order chi connectivity index (χ0) is 27.2. The van der Waals surface area contributed by atoms with Crippen molar-refractivity contribution in [3.63, 3.8) is 0 Å². The normalized spacial score (nSPS) is 17.5. The van der Waals surface area contributed by atoms with E-state index in [9.17, 15) is 9.59 Å². The molecule has 39 heavy (non-hydrogen) atoms. The summed E-state index contributed by atoms with van der Waals surface area (Å²) in [5, 5.41) is 3.25. The Bertz CT molecular complexity index is 1210. The van der Waals surface area contributed by atoms with E-state index in [2.05, 4.69) is 36.2 Å². The summed E-state index contributed by atoms with van der Waals surface area (Å²) in [7, 11) is 0. The Kier molecular flexibility index (Phi) is 8.67. The van der Waals surface area contributed by atoms with E-state index < -0.39 is 6.04 Å². The summed E-state index contributed by atoms with van der Waals surface area (Å²) in [6.45, 7) is 7.41. The highest BCUT2D eigenvalue weighted by Gasteiger charge is 2.36. The summed E-state index contributed by atoms with van der Waals surface area (Å²) >= 11 is 0. The first kappa shape index (κ1) is 27.0. The van der Waals surface area contributed by atoms with Crippen LogP contribution in [0.5, 0.6) is 0 Å². The Hall–Kier alpha value is -3.58. The van der Waals surface area contributed by atoms with Crippen LogP contribution in [0.3, 0.4) is 0 Å².